The van der Waals surface area contributed by atoms with Crippen molar-refractivity contribution in [3.8, 4) is 0 Å². The van der Waals surface area contributed by atoms with Crippen LogP contribution in [0.3, 0.4) is 0 Å². The summed E-state index contributed by atoms with van der Waals surface area (Å²) < 4.78 is 14.2. The highest BCUT2D eigenvalue weighted by Crippen LogP contribution is 2.30. The fourth-order valence-electron chi connectivity index (χ4n) is 2.91. The maximum Gasteiger partial charge on any atom is 0.276 e. The molecule has 0 saturated heterocycles. The first-order valence-corrected chi connectivity index (χ1v) is 8.70. The first-order chi connectivity index (χ1) is 13.0. The van der Waals surface area contributed by atoms with Crippen LogP contribution >= 0.6 is 0 Å². The SMILES string of the molecule is [B]c1ccc(Nc2cc3c(cc2C(=O)NOCC2CC2)CNC3=O)c(F)c1. The number of nitrogens with one attached hydrogen (secondary N) is 3. The van der Waals surface area contributed by atoms with E-state index in [2.05, 4.69) is 16.1 Å². The second-order valence-electron chi connectivity index (χ2n) is 6.79. The van der Waals surface area contributed by atoms with Gasteiger partial charge in [-0.05, 0) is 48.6 Å². The molecule has 4 rings (SSSR count). The molecule has 1 fully saturated rings. The molecule has 2 aromatic carbocycles. The van der Waals surface area contributed by atoms with Gasteiger partial charge in [-0.1, -0.05) is 11.5 Å². The fraction of sp³-hybridized carbons (Fsp3) is 0.263. The topological polar surface area (TPSA) is 79.5 Å². The van der Waals surface area contributed by atoms with Crippen LogP contribution < -0.4 is 21.6 Å². The van der Waals surface area contributed by atoms with Gasteiger partial charge in [-0.25, -0.2) is 9.87 Å². The fourth-order valence-corrected chi connectivity index (χ4v) is 2.91. The lowest BCUT2D eigenvalue weighted by atomic mass is 9.96. The van der Waals surface area contributed by atoms with E-state index in [1.54, 1.807) is 18.2 Å². The molecular formula is C19H17BFN3O3. The predicted molar refractivity (Wildman–Crippen MR) is 98.8 cm³/mol. The summed E-state index contributed by atoms with van der Waals surface area (Å²) in [7, 11) is 5.57. The second kappa shape index (κ2) is 7.04. The van der Waals surface area contributed by atoms with E-state index in [1.165, 1.54) is 12.1 Å². The number of amides is 2. The van der Waals surface area contributed by atoms with Crippen molar-refractivity contribution < 1.29 is 18.8 Å². The number of hydrogen-bond acceptors (Lipinski definition) is 4. The van der Waals surface area contributed by atoms with Gasteiger partial charge in [-0.15, -0.1) is 0 Å². The summed E-state index contributed by atoms with van der Waals surface area (Å²) in [6, 6.07) is 7.36. The number of carbonyl (C=O) groups excluding carboxylic acids is 2. The minimum absolute atomic E-state index is 0.149. The lowest BCUT2D eigenvalue weighted by Gasteiger charge is -2.15. The van der Waals surface area contributed by atoms with Gasteiger partial charge in [0, 0.05) is 12.1 Å². The molecule has 27 heavy (non-hydrogen) atoms. The van der Waals surface area contributed by atoms with Crippen molar-refractivity contribution in [2.24, 2.45) is 5.92 Å². The molecule has 1 aliphatic heterocycles. The third-order valence-corrected chi connectivity index (χ3v) is 4.62. The van der Waals surface area contributed by atoms with Gasteiger partial charge < -0.3 is 10.6 Å². The summed E-state index contributed by atoms with van der Waals surface area (Å²) in [5.74, 6) is -0.760. The number of hydrogen-bond donors (Lipinski definition) is 3. The molecule has 2 aliphatic rings. The zero-order valence-corrected chi connectivity index (χ0v) is 14.5. The minimum atomic E-state index is -0.559. The van der Waals surface area contributed by atoms with E-state index in [9.17, 15) is 14.0 Å². The second-order valence-corrected chi connectivity index (χ2v) is 6.79. The van der Waals surface area contributed by atoms with Crippen molar-refractivity contribution in [2.75, 3.05) is 11.9 Å². The van der Waals surface area contributed by atoms with Crippen LogP contribution in [0.25, 0.3) is 0 Å². The molecule has 136 valence electrons. The van der Waals surface area contributed by atoms with Gasteiger partial charge in [0.25, 0.3) is 11.8 Å². The van der Waals surface area contributed by atoms with Gasteiger partial charge >= 0.3 is 0 Å². The lowest BCUT2D eigenvalue weighted by molar-refractivity contribution is 0.0271. The first kappa shape index (κ1) is 17.5. The van der Waals surface area contributed by atoms with E-state index in [0.717, 1.165) is 12.8 Å². The largest absolute Gasteiger partial charge is 0.352 e. The van der Waals surface area contributed by atoms with Crippen molar-refractivity contribution in [2.45, 2.75) is 19.4 Å². The number of rotatable bonds is 6. The van der Waals surface area contributed by atoms with E-state index in [4.69, 9.17) is 12.7 Å². The van der Waals surface area contributed by atoms with Gasteiger partial charge in [-0.2, -0.15) is 0 Å². The van der Waals surface area contributed by atoms with E-state index in [0.29, 0.717) is 35.9 Å². The average Bonchev–Trinajstić information content (AvgIpc) is 3.39. The Kier molecular flexibility index (Phi) is 4.57. The zero-order chi connectivity index (χ0) is 19.0. The predicted octanol–water partition coefficient (Wildman–Crippen LogP) is 1.68. The molecule has 2 aromatic rings. The number of halogens is 1. The van der Waals surface area contributed by atoms with Crippen molar-refractivity contribution in [3.63, 3.8) is 0 Å². The third kappa shape index (κ3) is 3.80. The van der Waals surface area contributed by atoms with Crippen LogP contribution in [0.5, 0.6) is 0 Å². The number of carbonyl (C=O) groups is 2. The summed E-state index contributed by atoms with van der Waals surface area (Å²) in [5, 5.41) is 5.59. The lowest BCUT2D eigenvalue weighted by Crippen LogP contribution is -2.26. The van der Waals surface area contributed by atoms with Crippen LogP contribution in [-0.4, -0.2) is 26.3 Å². The Morgan fingerprint density at radius 1 is 1.26 bits per heavy atom. The molecule has 2 amide bonds. The van der Waals surface area contributed by atoms with Crippen molar-refractivity contribution in [3.05, 3.63) is 52.8 Å². The monoisotopic (exact) mass is 365 g/mol. The number of fused-ring (bicyclic) bond motifs is 1. The van der Waals surface area contributed by atoms with E-state index < -0.39 is 11.7 Å². The molecule has 8 heteroatoms. The maximum atomic E-state index is 14.2. The zero-order valence-electron chi connectivity index (χ0n) is 14.5. The van der Waals surface area contributed by atoms with E-state index in [-0.39, 0.29) is 22.6 Å². The standard InChI is InChI=1S/C19H17BFN3O3/c20-12-3-4-16(15(21)6-12)23-17-7-13-11(8-22-18(13)25)5-14(17)19(26)24-27-9-10-1-2-10/h3-7,10,23H,1-2,8-9H2,(H,22,25)(H,24,26). The number of hydroxylamine groups is 1. The molecule has 0 atom stereocenters. The third-order valence-electron chi connectivity index (χ3n) is 4.62. The molecule has 2 radical (unpaired) electrons. The Bertz CT molecular complexity index is 931. The molecule has 0 unspecified atom stereocenters. The Morgan fingerprint density at radius 2 is 2.07 bits per heavy atom. The summed E-state index contributed by atoms with van der Waals surface area (Å²) in [5.41, 5.74) is 4.58. The first-order valence-electron chi connectivity index (χ1n) is 8.70. The summed E-state index contributed by atoms with van der Waals surface area (Å²) in [4.78, 5) is 29.8. The quantitative estimate of drug-likeness (QED) is 0.538. The minimum Gasteiger partial charge on any atom is -0.352 e. The van der Waals surface area contributed by atoms with Crippen LogP contribution in [0.1, 0.15) is 39.1 Å². The average molecular weight is 365 g/mol. The molecule has 1 saturated carbocycles. The molecule has 1 aliphatic carbocycles. The maximum absolute atomic E-state index is 14.2. The Hall–Kier alpha value is -2.87. The van der Waals surface area contributed by atoms with Crippen molar-refractivity contribution in [1.29, 1.82) is 0 Å². The molecule has 6 nitrogen and oxygen atoms in total. The number of benzene rings is 2. The van der Waals surface area contributed by atoms with E-state index >= 15 is 0 Å². The Labute approximate surface area is 156 Å². The van der Waals surface area contributed by atoms with Gasteiger partial charge in [0.1, 0.15) is 13.7 Å². The van der Waals surface area contributed by atoms with Gasteiger partial charge in [0.2, 0.25) is 0 Å². The number of anilines is 2. The van der Waals surface area contributed by atoms with Crippen LogP contribution in [0.4, 0.5) is 15.8 Å². The molecule has 3 N–H and O–H groups in total. The van der Waals surface area contributed by atoms with E-state index in [1.807, 2.05) is 0 Å². The summed E-state index contributed by atoms with van der Waals surface area (Å²) in [6.07, 6.45) is 2.21. The highest BCUT2D eigenvalue weighted by atomic mass is 19.1. The van der Waals surface area contributed by atoms with Gasteiger partial charge in [-0.3, -0.25) is 14.4 Å². The molecule has 0 aromatic heterocycles. The summed E-state index contributed by atoms with van der Waals surface area (Å²) in [6.45, 7) is 0.806. The van der Waals surface area contributed by atoms with Gasteiger partial charge in [0.05, 0.1) is 23.5 Å². The van der Waals surface area contributed by atoms with Crippen LogP contribution in [0.15, 0.2) is 30.3 Å². The Balaban J connectivity index is 1.63. The Morgan fingerprint density at radius 3 is 2.81 bits per heavy atom. The van der Waals surface area contributed by atoms with Crippen molar-refractivity contribution >= 4 is 36.5 Å². The molecular weight excluding hydrogens is 348 g/mol. The van der Waals surface area contributed by atoms with Crippen LogP contribution in [0.2, 0.25) is 0 Å². The van der Waals surface area contributed by atoms with Crippen LogP contribution in [-0.2, 0) is 11.4 Å². The van der Waals surface area contributed by atoms with Crippen LogP contribution in [0, 0.1) is 11.7 Å². The normalized spacial score (nSPS) is 15.2. The molecule has 0 spiro atoms. The van der Waals surface area contributed by atoms with Gasteiger partial charge in [0.15, 0.2) is 0 Å². The smallest absolute Gasteiger partial charge is 0.276 e. The summed E-state index contributed by atoms with van der Waals surface area (Å²) >= 11 is 0. The molecule has 1 heterocycles. The molecule has 0 bridgehead atoms. The van der Waals surface area contributed by atoms with Crippen molar-refractivity contribution in [1.82, 2.24) is 10.8 Å². The highest BCUT2D eigenvalue weighted by Gasteiger charge is 2.25. The highest BCUT2D eigenvalue weighted by molar-refractivity contribution is 6.32.